The van der Waals surface area contributed by atoms with Gasteiger partial charge < -0.3 is 9.84 Å². The third-order valence-electron chi connectivity index (χ3n) is 1.53. The van der Waals surface area contributed by atoms with Gasteiger partial charge in [0.15, 0.2) is 12.3 Å². The van der Waals surface area contributed by atoms with Crippen molar-refractivity contribution in [2.45, 2.75) is 13.1 Å². The van der Waals surface area contributed by atoms with E-state index in [1.54, 1.807) is 0 Å². The Hall–Kier alpha value is -1.86. The molecule has 1 aromatic rings. The van der Waals surface area contributed by atoms with Crippen LogP contribution in [-0.4, -0.2) is 34.1 Å². The molecule has 0 fully saturated rings. The summed E-state index contributed by atoms with van der Waals surface area (Å²) >= 11 is 0. The number of rotatable bonds is 3. The van der Waals surface area contributed by atoms with Crippen molar-refractivity contribution in [3.05, 3.63) is 17.3 Å². The van der Waals surface area contributed by atoms with Crippen molar-refractivity contribution < 1.29 is 27.8 Å². The normalized spacial score (nSPS) is 11.2. The van der Waals surface area contributed by atoms with Crippen molar-refractivity contribution in [3.63, 3.8) is 0 Å². The third-order valence-corrected chi connectivity index (χ3v) is 1.53. The zero-order valence-corrected chi connectivity index (χ0v) is 8.08. The molecule has 0 aliphatic heterocycles. The number of ether oxygens (including phenoxy) is 1. The molecule has 0 radical (unpaired) electrons. The zero-order chi connectivity index (χ0) is 12.3. The molecule has 0 bridgehead atoms. The summed E-state index contributed by atoms with van der Waals surface area (Å²) in [5.41, 5.74) is -0.173. The van der Waals surface area contributed by atoms with Gasteiger partial charge in [-0.25, -0.2) is 4.79 Å². The number of aromatic carboxylic acids is 1. The van der Waals surface area contributed by atoms with E-state index < -0.39 is 18.8 Å². The fourth-order valence-corrected chi connectivity index (χ4v) is 0.871. The lowest BCUT2D eigenvalue weighted by molar-refractivity contribution is -0.154. The SMILES string of the molecule is Cc1cc(C(=O)O)nnc1OCC(F)(F)F. The molecule has 0 spiro atoms. The molecule has 1 heterocycles. The largest absolute Gasteiger partial charge is 0.476 e. The predicted octanol–water partition coefficient (Wildman–Crippen LogP) is 1.42. The van der Waals surface area contributed by atoms with E-state index in [-0.39, 0.29) is 17.1 Å². The fraction of sp³-hybridized carbons (Fsp3) is 0.375. The quantitative estimate of drug-likeness (QED) is 0.859. The Bertz CT molecular complexity index is 406. The van der Waals surface area contributed by atoms with Crippen LogP contribution in [0.25, 0.3) is 0 Å². The van der Waals surface area contributed by atoms with Gasteiger partial charge in [-0.2, -0.15) is 13.2 Å². The molecule has 1 rings (SSSR count). The summed E-state index contributed by atoms with van der Waals surface area (Å²) in [6.45, 7) is -0.109. The van der Waals surface area contributed by atoms with Crippen molar-refractivity contribution in [1.29, 1.82) is 0 Å². The minimum absolute atomic E-state index is 0.177. The average Bonchev–Trinajstić information content (AvgIpc) is 2.14. The Labute approximate surface area is 87.9 Å². The van der Waals surface area contributed by atoms with Crippen LogP contribution in [0.3, 0.4) is 0 Å². The first-order valence-corrected chi connectivity index (χ1v) is 4.07. The molecular weight excluding hydrogens is 229 g/mol. The van der Waals surface area contributed by atoms with E-state index in [0.717, 1.165) is 6.07 Å². The number of carbonyl (C=O) groups is 1. The van der Waals surface area contributed by atoms with Gasteiger partial charge in [-0.1, -0.05) is 0 Å². The van der Waals surface area contributed by atoms with E-state index in [0.29, 0.717) is 0 Å². The van der Waals surface area contributed by atoms with Crippen LogP contribution in [0.1, 0.15) is 16.1 Å². The van der Waals surface area contributed by atoms with Gasteiger partial charge in [0.05, 0.1) is 0 Å². The Morgan fingerprint density at radius 3 is 2.56 bits per heavy atom. The molecule has 0 saturated carbocycles. The maximum Gasteiger partial charge on any atom is 0.422 e. The highest BCUT2D eigenvalue weighted by molar-refractivity contribution is 5.85. The van der Waals surface area contributed by atoms with E-state index >= 15 is 0 Å². The lowest BCUT2D eigenvalue weighted by atomic mass is 10.3. The lowest BCUT2D eigenvalue weighted by Crippen LogP contribution is -2.20. The van der Waals surface area contributed by atoms with Crippen LogP contribution in [0.2, 0.25) is 0 Å². The van der Waals surface area contributed by atoms with Crippen molar-refractivity contribution in [1.82, 2.24) is 10.2 Å². The Morgan fingerprint density at radius 1 is 1.50 bits per heavy atom. The van der Waals surface area contributed by atoms with Crippen LogP contribution in [0.4, 0.5) is 13.2 Å². The van der Waals surface area contributed by atoms with Gasteiger partial charge in [-0.3, -0.25) is 0 Å². The standard InChI is InChI=1S/C8H7F3N2O3/c1-4-2-5(7(14)15)12-13-6(4)16-3-8(9,10)11/h2H,3H2,1H3,(H,14,15). The molecule has 16 heavy (non-hydrogen) atoms. The molecule has 0 atom stereocenters. The number of carboxylic acids is 1. The second-order valence-electron chi connectivity index (χ2n) is 2.93. The minimum Gasteiger partial charge on any atom is -0.476 e. The van der Waals surface area contributed by atoms with Crippen LogP contribution in [0.5, 0.6) is 5.88 Å². The number of halogens is 3. The summed E-state index contributed by atoms with van der Waals surface area (Å²) in [4.78, 5) is 10.5. The Morgan fingerprint density at radius 2 is 2.12 bits per heavy atom. The third kappa shape index (κ3) is 3.37. The maximum absolute atomic E-state index is 11.8. The summed E-state index contributed by atoms with van der Waals surface area (Å²) in [7, 11) is 0. The van der Waals surface area contributed by atoms with Gasteiger partial charge in [0.25, 0.3) is 0 Å². The van der Waals surface area contributed by atoms with Gasteiger partial charge in [0, 0.05) is 5.56 Å². The van der Waals surface area contributed by atoms with Crippen LogP contribution in [0.15, 0.2) is 6.07 Å². The van der Waals surface area contributed by atoms with Gasteiger partial charge >= 0.3 is 12.1 Å². The summed E-state index contributed by atoms with van der Waals surface area (Å²) in [6, 6.07) is 1.08. The van der Waals surface area contributed by atoms with Crippen molar-refractivity contribution in [2.75, 3.05) is 6.61 Å². The number of carboxylic acid groups (broad SMARTS) is 1. The second-order valence-corrected chi connectivity index (χ2v) is 2.93. The number of aryl methyl sites for hydroxylation is 1. The average molecular weight is 236 g/mol. The summed E-state index contributed by atoms with van der Waals surface area (Å²) in [6.07, 6.45) is -4.47. The summed E-state index contributed by atoms with van der Waals surface area (Å²) in [5, 5.41) is 15.0. The first kappa shape index (κ1) is 12.2. The van der Waals surface area contributed by atoms with Crippen LogP contribution >= 0.6 is 0 Å². The van der Waals surface area contributed by atoms with Gasteiger partial charge in [-0.05, 0) is 13.0 Å². The molecule has 0 aliphatic rings. The van der Waals surface area contributed by atoms with E-state index in [9.17, 15) is 18.0 Å². The topological polar surface area (TPSA) is 72.3 Å². The molecule has 1 N–H and O–H groups in total. The van der Waals surface area contributed by atoms with Crippen LogP contribution in [0, 0.1) is 6.92 Å². The smallest absolute Gasteiger partial charge is 0.422 e. The van der Waals surface area contributed by atoms with Crippen LogP contribution < -0.4 is 4.74 Å². The molecule has 0 amide bonds. The number of hydrogen-bond acceptors (Lipinski definition) is 4. The Balaban J connectivity index is 2.80. The first-order valence-electron chi connectivity index (χ1n) is 4.07. The van der Waals surface area contributed by atoms with Gasteiger partial charge in [0.1, 0.15) is 0 Å². The van der Waals surface area contributed by atoms with Gasteiger partial charge in [0.2, 0.25) is 5.88 Å². The monoisotopic (exact) mass is 236 g/mol. The summed E-state index contributed by atoms with van der Waals surface area (Å²) in [5.74, 6) is -1.64. The van der Waals surface area contributed by atoms with E-state index in [2.05, 4.69) is 14.9 Å². The highest BCUT2D eigenvalue weighted by atomic mass is 19.4. The lowest BCUT2D eigenvalue weighted by Gasteiger charge is -2.09. The second kappa shape index (κ2) is 4.33. The molecule has 8 heteroatoms. The Kier molecular flexibility index (Phi) is 3.31. The van der Waals surface area contributed by atoms with Crippen LogP contribution in [-0.2, 0) is 0 Å². The predicted molar refractivity (Wildman–Crippen MR) is 45.3 cm³/mol. The number of nitrogens with zero attached hydrogens (tertiary/aromatic N) is 2. The number of aromatic nitrogens is 2. The molecule has 0 aromatic carbocycles. The fourth-order valence-electron chi connectivity index (χ4n) is 0.871. The molecule has 0 unspecified atom stereocenters. The number of alkyl halides is 3. The first-order chi connectivity index (χ1) is 7.29. The van der Waals surface area contributed by atoms with Crippen molar-refractivity contribution in [3.8, 4) is 5.88 Å². The van der Waals surface area contributed by atoms with E-state index in [1.807, 2.05) is 0 Å². The molecule has 1 aromatic heterocycles. The van der Waals surface area contributed by atoms with Crippen molar-refractivity contribution in [2.24, 2.45) is 0 Å². The molecule has 0 saturated heterocycles. The van der Waals surface area contributed by atoms with Gasteiger partial charge in [-0.15, -0.1) is 10.2 Å². The molecule has 0 aliphatic carbocycles. The zero-order valence-electron chi connectivity index (χ0n) is 8.08. The highest BCUT2D eigenvalue weighted by Gasteiger charge is 2.29. The molecular formula is C8H7F3N2O3. The van der Waals surface area contributed by atoms with E-state index in [4.69, 9.17) is 5.11 Å². The molecule has 88 valence electrons. The number of hydrogen-bond donors (Lipinski definition) is 1. The van der Waals surface area contributed by atoms with Crippen molar-refractivity contribution >= 4 is 5.97 Å². The summed E-state index contributed by atoms with van der Waals surface area (Å²) < 4.78 is 39.8. The maximum atomic E-state index is 11.8. The minimum atomic E-state index is -4.47. The molecule has 5 nitrogen and oxygen atoms in total. The highest BCUT2D eigenvalue weighted by Crippen LogP contribution is 2.19. The van der Waals surface area contributed by atoms with E-state index in [1.165, 1.54) is 6.92 Å².